The highest BCUT2D eigenvalue weighted by molar-refractivity contribution is 6.20. The number of nitrogens with zero attached hydrogens (tertiary/aromatic N) is 4. The Labute approximate surface area is 116 Å². The first kappa shape index (κ1) is 12.1. The second-order valence-corrected chi connectivity index (χ2v) is 4.92. The van der Waals surface area contributed by atoms with Gasteiger partial charge in [-0.2, -0.15) is 0 Å². The van der Waals surface area contributed by atoms with Crippen LogP contribution < -0.4 is 0 Å². The van der Waals surface area contributed by atoms with E-state index in [9.17, 15) is 0 Å². The van der Waals surface area contributed by atoms with Crippen LogP contribution in [0.4, 0.5) is 0 Å². The Morgan fingerprint density at radius 1 is 1.21 bits per heavy atom. The van der Waals surface area contributed by atoms with Crippen LogP contribution in [-0.2, 0) is 6.42 Å². The molecular weight excluding hydrogens is 260 g/mol. The summed E-state index contributed by atoms with van der Waals surface area (Å²) in [5, 5.41) is 8.11. The minimum absolute atomic E-state index is 0.114. The summed E-state index contributed by atoms with van der Waals surface area (Å²) in [4.78, 5) is 4.38. The number of hydrogen-bond donors (Lipinski definition) is 0. The standard InChI is InChI=1S/C14H13ClN4/c1-10-17-18-14-13(16-7-8-19(10)14)9-12(15)11-5-3-2-4-6-11/h2-8,12H,9H2,1H3. The molecule has 96 valence electrons. The molecule has 1 aromatic carbocycles. The van der Waals surface area contributed by atoms with Gasteiger partial charge in [0.15, 0.2) is 5.65 Å². The lowest BCUT2D eigenvalue weighted by molar-refractivity contribution is 0.870. The summed E-state index contributed by atoms with van der Waals surface area (Å²) >= 11 is 6.45. The fourth-order valence-corrected chi connectivity index (χ4v) is 2.38. The summed E-state index contributed by atoms with van der Waals surface area (Å²) in [5.74, 6) is 0.851. The van der Waals surface area contributed by atoms with E-state index >= 15 is 0 Å². The van der Waals surface area contributed by atoms with Crippen molar-refractivity contribution in [3.8, 4) is 0 Å². The molecule has 0 saturated heterocycles. The highest BCUT2D eigenvalue weighted by Crippen LogP contribution is 2.25. The van der Waals surface area contributed by atoms with Crippen LogP contribution in [0.3, 0.4) is 0 Å². The molecule has 0 spiro atoms. The Kier molecular flexibility index (Phi) is 3.17. The van der Waals surface area contributed by atoms with Gasteiger partial charge in [-0.05, 0) is 12.5 Å². The van der Waals surface area contributed by atoms with Crippen molar-refractivity contribution in [1.29, 1.82) is 0 Å². The molecule has 0 fully saturated rings. The average Bonchev–Trinajstić information content (AvgIpc) is 2.83. The van der Waals surface area contributed by atoms with Gasteiger partial charge in [0.2, 0.25) is 0 Å². The largest absolute Gasteiger partial charge is 0.284 e. The third-order valence-electron chi connectivity index (χ3n) is 3.10. The van der Waals surface area contributed by atoms with Crippen molar-refractivity contribution in [2.75, 3.05) is 0 Å². The van der Waals surface area contributed by atoms with Crippen LogP contribution in [0.5, 0.6) is 0 Å². The average molecular weight is 273 g/mol. The van der Waals surface area contributed by atoms with Crippen molar-refractivity contribution < 1.29 is 0 Å². The Hall–Kier alpha value is -1.94. The first-order valence-corrected chi connectivity index (χ1v) is 6.53. The van der Waals surface area contributed by atoms with Gasteiger partial charge in [-0.3, -0.25) is 9.38 Å². The SMILES string of the molecule is Cc1nnc2c(CC(Cl)c3ccccc3)nccn12. The fraction of sp³-hybridized carbons (Fsp3) is 0.214. The number of halogens is 1. The molecule has 2 aromatic heterocycles. The van der Waals surface area contributed by atoms with Crippen LogP contribution in [0.25, 0.3) is 5.65 Å². The van der Waals surface area contributed by atoms with E-state index < -0.39 is 0 Å². The van der Waals surface area contributed by atoms with Crippen LogP contribution in [0.1, 0.15) is 22.5 Å². The molecule has 0 bridgehead atoms. The van der Waals surface area contributed by atoms with Crippen molar-refractivity contribution in [1.82, 2.24) is 19.6 Å². The summed E-state index contributed by atoms with van der Waals surface area (Å²) in [6.45, 7) is 1.92. The molecule has 0 amide bonds. The smallest absolute Gasteiger partial charge is 0.182 e. The fourth-order valence-electron chi connectivity index (χ4n) is 2.09. The molecule has 4 nitrogen and oxygen atoms in total. The topological polar surface area (TPSA) is 43.1 Å². The van der Waals surface area contributed by atoms with Gasteiger partial charge in [0.25, 0.3) is 0 Å². The lowest BCUT2D eigenvalue weighted by Crippen LogP contribution is -2.02. The van der Waals surface area contributed by atoms with E-state index in [-0.39, 0.29) is 5.38 Å². The zero-order valence-corrected chi connectivity index (χ0v) is 11.2. The minimum atomic E-state index is -0.114. The molecule has 0 aliphatic heterocycles. The number of rotatable bonds is 3. The molecule has 0 radical (unpaired) electrons. The number of aromatic nitrogens is 4. The van der Waals surface area contributed by atoms with Crippen LogP contribution in [0.15, 0.2) is 42.7 Å². The van der Waals surface area contributed by atoms with E-state index in [4.69, 9.17) is 11.6 Å². The molecule has 0 N–H and O–H groups in total. The molecule has 3 rings (SSSR count). The quantitative estimate of drug-likeness (QED) is 0.689. The number of benzene rings is 1. The first-order valence-electron chi connectivity index (χ1n) is 6.10. The molecule has 0 aliphatic carbocycles. The number of fused-ring (bicyclic) bond motifs is 1. The van der Waals surface area contributed by atoms with Gasteiger partial charge in [0.05, 0.1) is 11.1 Å². The lowest BCUT2D eigenvalue weighted by Gasteiger charge is -2.09. The van der Waals surface area contributed by atoms with Gasteiger partial charge in [0, 0.05) is 18.8 Å². The molecular formula is C14H13ClN4. The van der Waals surface area contributed by atoms with Crippen molar-refractivity contribution in [3.63, 3.8) is 0 Å². The monoisotopic (exact) mass is 272 g/mol. The number of aryl methyl sites for hydroxylation is 1. The molecule has 19 heavy (non-hydrogen) atoms. The second kappa shape index (κ2) is 4.97. The van der Waals surface area contributed by atoms with Gasteiger partial charge in [0.1, 0.15) is 5.82 Å². The van der Waals surface area contributed by atoms with E-state index in [1.807, 2.05) is 47.9 Å². The Balaban J connectivity index is 1.93. The van der Waals surface area contributed by atoms with Crippen LogP contribution in [0.2, 0.25) is 0 Å². The zero-order chi connectivity index (χ0) is 13.2. The lowest BCUT2D eigenvalue weighted by atomic mass is 10.1. The van der Waals surface area contributed by atoms with Crippen LogP contribution in [-0.4, -0.2) is 19.6 Å². The highest BCUT2D eigenvalue weighted by atomic mass is 35.5. The van der Waals surface area contributed by atoms with Gasteiger partial charge in [-0.25, -0.2) is 0 Å². The van der Waals surface area contributed by atoms with Crippen molar-refractivity contribution in [2.24, 2.45) is 0 Å². The van der Waals surface area contributed by atoms with E-state index in [1.54, 1.807) is 6.20 Å². The molecule has 2 heterocycles. The Morgan fingerprint density at radius 3 is 2.79 bits per heavy atom. The van der Waals surface area contributed by atoms with Gasteiger partial charge in [-0.15, -0.1) is 21.8 Å². The van der Waals surface area contributed by atoms with E-state index in [0.29, 0.717) is 6.42 Å². The van der Waals surface area contributed by atoms with Gasteiger partial charge >= 0.3 is 0 Å². The summed E-state index contributed by atoms with van der Waals surface area (Å²) < 4.78 is 1.93. The molecule has 3 aromatic rings. The maximum Gasteiger partial charge on any atom is 0.182 e. The Morgan fingerprint density at radius 2 is 2.00 bits per heavy atom. The van der Waals surface area contributed by atoms with E-state index in [1.165, 1.54) is 0 Å². The van der Waals surface area contributed by atoms with Crippen molar-refractivity contribution in [2.45, 2.75) is 18.7 Å². The molecule has 0 saturated carbocycles. The third kappa shape index (κ3) is 2.31. The number of hydrogen-bond acceptors (Lipinski definition) is 3. The molecule has 1 atom stereocenters. The van der Waals surface area contributed by atoms with E-state index in [0.717, 1.165) is 22.7 Å². The summed E-state index contributed by atoms with van der Waals surface area (Å²) in [6.07, 6.45) is 4.25. The summed E-state index contributed by atoms with van der Waals surface area (Å²) in [7, 11) is 0. The van der Waals surface area contributed by atoms with E-state index in [2.05, 4.69) is 15.2 Å². The maximum absolute atomic E-state index is 6.45. The van der Waals surface area contributed by atoms with Crippen LogP contribution in [0, 0.1) is 6.92 Å². The van der Waals surface area contributed by atoms with Crippen molar-refractivity contribution in [3.05, 3.63) is 59.8 Å². The molecule has 5 heteroatoms. The third-order valence-corrected chi connectivity index (χ3v) is 3.51. The van der Waals surface area contributed by atoms with Gasteiger partial charge in [-0.1, -0.05) is 30.3 Å². The second-order valence-electron chi connectivity index (χ2n) is 4.40. The van der Waals surface area contributed by atoms with Gasteiger partial charge < -0.3 is 0 Å². The predicted molar refractivity (Wildman–Crippen MR) is 74.3 cm³/mol. The summed E-state index contributed by atoms with van der Waals surface area (Å²) in [5.41, 5.74) is 2.73. The summed E-state index contributed by atoms with van der Waals surface area (Å²) in [6, 6.07) is 9.99. The maximum atomic E-state index is 6.45. The predicted octanol–water partition coefficient (Wildman–Crippen LogP) is 2.96. The number of alkyl halides is 1. The Bertz CT molecular complexity index is 693. The van der Waals surface area contributed by atoms with Crippen LogP contribution >= 0.6 is 11.6 Å². The highest BCUT2D eigenvalue weighted by Gasteiger charge is 2.14. The molecule has 0 aliphatic rings. The first-order chi connectivity index (χ1) is 9.25. The molecule has 1 unspecified atom stereocenters. The zero-order valence-electron chi connectivity index (χ0n) is 10.5. The minimum Gasteiger partial charge on any atom is -0.284 e. The normalized spacial score (nSPS) is 12.7. The van der Waals surface area contributed by atoms with Crippen molar-refractivity contribution >= 4 is 17.2 Å².